The molecule has 0 saturated heterocycles. The molecule has 1 N–H and O–H groups in total. The quantitative estimate of drug-likeness (QED) is 0.649. The van der Waals surface area contributed by atoms with Crippen LogP contribution in [0.15, 0.2) is 22.8 Å². The zero-order chi connectivity index (χ0) is 11.6. The highest BCUT2D eigenvalue weighted by atomic mass is 16.5. The Morgan fingerprint density at radius 3 is 2.94 bits per heavy atom. The molecule has 1 aromatic rings. The van der Waals surface area contributed by atoms with E-state index in [2.05, 4.69) is 12.2 Å². The van der Waals surface area contributed by atoms with Crippen LogP contribution in [-0.4, -0.2) is 39.5 Å². The van der Waals surface area contributed by atoms with Crippen LogP contribution in [0.1, 0.15) is 12.7 Å². The molecular weight excluding hydrogens is 206 g/mol. The molecule has 1 heterocycles. The van der Waals surface area contributed by atoms with Gasteiger partial charge in [0.15, 0.2) is 0 Å². The molecule has 0 aromatic carbocycles. The standard InChI is InChI=1S/C12H21NO3/c1-3-13-11(10-15-8-7-14-2)9-12-5-4-6-16-12/h4-6,11,13H,3,7-10H2,1-2H3. The molecule has 1 rings (SSSR count). The molecule has 16 heavy (non-hydrogen) atoms. The minimum Gasteiger partial charge on any atom is -0.469 e. The molecule has 92 valence electrons. The molecule has 4 nitrogen and oxygen atoms in total. The zero-order valence-electron chi connectivity index (χ0n) is 10.1. The van der Waals surface area contributed by atoms with Crippen LogP contribution in [0.3, 0.4) is 0 Å². The lowest BCUT2D eigenvalue weighted by molar-refractivity contribution is 0.0582. The average molecular weight is 227 g/mol. The fraction of sp³-hybridized carbons (Fsp3) is 0.667. The summed E-state index contributed by atoms with van der Waals surface area (Å²) in [6.45, 7) is 4.97. The van der Waals surface area contributed by atoms with Crippen molar-refractivity contribution in [2.75, 3.05) is 33.5 Å². The Hall–Kier alpha value is -0.840. The molecule has 0 bridgehead atoms. The van der Waals surface area contributed by atoms with Crippen molar-refractivity contribution in [3.63, 3.8) is 0 Å². The zero-order valence-corrected chi connectivity index (χ0v) is 10.1. The first-order chi connectivity index (χ1) is 7.86. The van der Waals surface area contributed by atoms with E-state index in [4.69, 9.17) is 13.9 Å². The van der Waals surface area contributed by atoms with Gasteiger partial charge in [0.2, 0.25) is 0 Å². The van der Waals surface area contributed by atoms with Gasteiger partial charge in [-0.1, -0.05) is 6.92 Å². The van der Waals surface area contributed by atoms with Gasteiger partial charge in [0.1, 0.15) is 5.76 Å². The van der Waals surface area contributed by atoms with Crippen LogP contribution in [0.5, 0.6) is 0 Å². The van der Waals surface area contributed by atoms with Gasteiger partial charge in [0, 0.05) is 19.6 Å². The van der Waals surface area contributed by atoms with E-state index in [1.165, 1.54) is 0 Å². The Labute approximate surface area is 96.9 Å². The number of ether oxygens (including phenoxy) is 2. The maximum absolute atomic E-state index is 5.51. The first-order valence-electron chi connectivity index (χ1n) is 5.69. The number of nitrogens with one attached hydrogen (secondary N) is 1. The first kappa shape index (κ1) is 13.2. The van der Waals surface area contributed by atoms with Crippen LogP contribution in [0.2, 0.25) is 0 Å². The molecule has 1 atom stereocenters. The number of rotatable bonds is 9. The van der Waals surface area contributed by atoms with Gasteiger partial charge in [-0.15, -0.1) is 0 Å². The maximum atomic E-state index is 5.51. The second-order valence-electron chi connectivity index (χ2n) is 3.61. The highest BCUT2D eigenvalue weighted by Gasteiger charge is 2.10. The second kappa shape index (κ2) is 8.33. The first-order valence-corrected chi connectivity index (χ1v) is 5.69. The summed E-state index contributed by atoms with van der Waals surface area (Å²) in [7, 11) is 1.67. The Kier molecular flexibility index (Phi) is 6.88. The summed E-state index contributed by atoms with van der Waals surface area (Å²) in [5, 5.41) is 3.37. The fourth-order valence-corrected chi connectivity index (χ4v) is 1.52. The van der Waals surface area contributed by atoms with Crippen LogP contribution in [0, 0.1) is 0 Å². The van der Waals surface area contributed by atoms with Gasteiger partial charge in [-0.3, -0.25) is 0 Å². The van der Waals surface area contributed by atoms with Crippen molar-refractivity contribution in [3.05, 3.63) is 24.2 Å². The molecule has 1 unspecified atom stereocenters. The fourth-order valence-electron chi connectivity index (χ4n) is 1.52. The van der Waals surface area contributed by atoms with Crippen molar-refractivity contribution in [1.29, 1.82) is 0 Å². The van der Waals surface area contributed by atoms with Crippen LogP contribution < -0.4 is 5.32 Å². The van der Waals surface area contributed by atoms with Gasteiger partial charge in [-0.25, -0.2) is 0 Å². The van der Waals surface area contributed by atoms with Crippen molar-refractivity contribution in [1.82, 2.24) is 5.32 Å². The van der Waals surface area contributed by atoms with E-state index in [0.29, 0.717) is 25.9 Å². The van der Waals surface area contributed by atoms with Gasteiger partial charge in [-0.2, -0.15) is 0 Å². The Bertz CT molecular complexity index is 249. The maximum Gasteiger partial charge on any atom is 0.105 e. The lowest BCUT2D eigenvalue weighted by atomic mass is 10.2. The van der Waals surface area contributed by atoms with E-state index in [0.717, 1.165) is 18.7 Å². The summed E-state index contributed by atoms with van der Waals surface area (Å²) in [6.07, 6.45) is 2.55. The molecule has 4 heteroatoms. The lowest BCUT2D eigenvalue weighted by Crippen LogP contribution is -2.35. The minimum atomic E-state index is 0.299. The van der Waals surface area contributed by atoms with E-state index < -0.39 is 0 Å². The van der Waals surface area contributed by atoms with E-state index in [-0.39, 0.29) is 0 Å². The van der Waals surface area contributed by atoms with E-state index >= 15 is 0 Å². The van der Waals surface area contributed by atoms with Crippen LogP contribution >= 0.6 is 0 Å². The Morgan fingerprint density at radius 1 is 1.44 bits per heavy atom. The molecule has 0 spiro atoms. The third kappa shape index (κ3) is 5.30. The van der Waals surface area contributed by atoms with E-state index in [1.807, 2.05) is 12.1 Å². The number of likely N-dealkylation sites (N-methyl/N-ethyl adjacent to an activating group) is 1. The topological polar surface area (TPSA) is 43.6 Å². The Balaban J connectivity index is 2.24. The summed E-state index contributed by atoms with van der Waals surface area (Å²) < 4.78 is 15.8. The normalized spacial score (nSPS) is 12.9. The molecule has 0 aliphatic heterocycles. The van der Waals surface area contributed by atoms with Gasteiger partial charge in [0.05, 0.1) is 26.1 Å². The third-order valence-corrected chi connectivity index (χ3v) is 2.27. The third-order valence-electron chi connectivity index (χ3n) is 2.27. The SMILES string of the molecule is CCNC(COCCOC)Cc1ccco1. The van der Waals surface area contributed by atoms with Crippen molar-refractivity contribution >= 4 is 0 Å². The number of hydrogen-bond donors (Lipinski definition) is 1. The van der Waals surface area contributed by atoms with Crippen LogP contribution in [0.25, 0.3) is 0 Å². The molecule has 1 aromatic heterocycles. The smallest absolute Gasteiger partial charge is 0.105 e. The molecule has 0 saturated carbocycles. The summed E-state index contributed by atoms with van der Waals surface area (Å²) in [6, 6.07) is 4.19. The average Bonchev–Trinajstić information content (AvgIpc) is 2.77. The summed E-state index contributed by atoms with van der Waals surface area (Å²) in [5.41, 5.74) is 0. The second-order valence-corrected chi connectivity index (χ2v) is 3.61. The highest BCUT2D eigenvalue weighted by Crippen LogP contribution is 2.04. The number of furan rings is 1. The summed E-state index contributed by atoms with van der Waals surface area (Å²) in [4.78, 5) is 0. The van der Waals surface area contributed by atoms with Gasteiger partial charge in [-0.05, 0) is 18.7 Å². The van der Waals surface area contributed by atoms with Gasteiger partial charge < -0.3 is 19.2 Å². The summed E-state index contributed by atoms with van der Waals surface area (Å²) >= 11 is 0. The Morgan fingerprint density at radius 2 is 2.31 bits per heavy atom. The molecule has 0 radical (unpaired) electrons. The molecule has 0 aliphatic rings. The molecule has 0 fully saturated rings. The van der Waals surface area contributed by atoms with Crippen molar-refractivity contribution in [2.45, 2.75) is 19.4 Å². The predicted molar refractivity (Wildman–Crippen MR) is 62.6 cm³/mol. The van der Waals surface area contributed by atoms with E-state index in [9.17, 15) is 0 Å². The lowest BCUT2D eigenvalue weighted by Gasteiger charge is -2.16. The summed E-state index contributed by atoms with van der Waals surface area (Å²) in [5.74, 6) is 0.987. The van der Waals surface area contributed by atoms with Gasteiger partial charge >= 0.3 is 0 Å². The minimum absolute atomic E-state index is 0.299. The van der Waals surface area contributed by atoms with E-state index in [1.54, 1.807) is 13.4 Å². The van der Waals surface area contributed by atoms with Gasteiger partial charge in [0.25, 0.3) is 0 Å². The van der Waals surface area contributed by atoms with Crippen molar-refractivity contribution < 1.29 is 13.9 Å². The largest absolute Gasteiger partial charge is 0.469 e. The number of hydrogen-bond acceptors (Lipinski definition) is 4. The molecular formula is C12H21NO3. The number of methoxy groups -OCH3 is 1. The monoisotopic (exact) mass is 227 g/mol. The van der Waals surface area contributed by atoms with Crippen LogP contribution in [0.4, 0.5) is 0 Å². The van der Waals surface area contributed by atoms with Crippen LogP contribution in [-0.2, 0) is 15.9 Å². The molecule has 0 amide bonds. The molecule has 0 aliphatic carbocycles. The predicted octanol–water partition coefficient (Wildman–Crippen LogP) is 1.46. The van der Waals surface area contributed by atoms with Crippen molar-refractivity contribution in [3.8, 4) is 0 Å². The van der Waals surface area contributed by atoms with Crippen molar-refractivity contribution in [2.24, 2.45) is 0 Å². The highest BCUT2D eigenvalue weighted by molar-refractivity contribution is 5.00.